The molecule has 0 aliphatic heterocycles. The molecule has 1 heterocycles. The Kier molecular flexibility index (Phi) is 5.65. The minimum absolute atomic E-state index is 0.288. The van der Waals surface area contributed by atoms with Crippen molar-refractivity contribution < 1.29 is 4.74 Å². The first-order chi connectivity index (χ1) is 8.10. The molecule has 0 saturated carbocycles. The van der Waals surface area contributed by atoms with Gasteiger partial charge in [0.05, 0.1) is 6.61 Å². The summed E-state index contributed by atoms with van der Waals surface area (Å²) in [5, 5.41) is 0.288. The number of anilines is 1. The molecule has 0 spiro atoms. The molecule has 1 aromatic heterocycles. The lowest BCUT2D eigenvalue weighted by molar-refractivity contribution is 0.203. The van der Waals surface area contributed by atoms with Gasteiger partial charge >= 0.3 is 0 Å². The Morgan fingerprint density at radius 1 is 1.53 bits per heavy atom. The summed E-state index contributed by atoms with van der Waals surface area (Å²) in [7, 11) is 1.70. The molecule has 0 bridgehead atoms. The SMILES string of the molecule is CCC(C)N(CCOC)c1nc(Cl)ncc1C. The van der Waals surface area contributed by atoms with E-state index in [2.05, 4.69) is 28.7 Å². The largest absolute Gasteiger partial charge is 0.383 e. The van der Waals surface area contributed by atoms with Gasteiger partial charge in [-0.1, -0.05) is 6.92 Å². The highest BCUT2D eigenvalue weighted by Gasteiger charge is 2.16. The lowest BCUT2D eigenvalue weighted by Crippen LogP contribution is -2.36. The third-order valence-corrected chi connectivity index (χ3v) is 3.03. The number of hydrogen-bond acceptors (Lipinski definition) is 4. The molecule has 0 aliphatic carbocycles. The van der Waals surface area contributed by atoms with E-state index in [-0.39, 0.29) is 5.28 Å². The van der Waals surface area contributed by atoms with Crippen LogP contribution in [0.2, 0.25) is 5.28 Å². The van der Waals surface area contributed by atoms with Gasteiger partial charge in [-0.25, -0.2) is 9.97 Å². The first kappa shape index (κ1) is 14.2. The number of rotatable bonds is 6. The second-order valence-corrected chi connectivity index (χ2v) is 4.43. The molecule has 0 aliphatic rings. The Morgan fingerprint density at radius 3 is 2.82 bits per heavy atom. The number of aromatic nitrogens is 2. The smallest absolute Gasteiger partial charge is 0.224 e. The quantitative estimate of drug-likeness (QED) is 0.735. The maximum atomic E-state index is 5.86. The van der Waals surface area contributed by atoms with E-state index in [0.29, 0.717) is 12.6 Å². The van der Waals surface area contributed by atoms with E-state index >= 15 is 0 Å². The van der Waals surface area contributed by atoms with Crippen LogP contribution in [0.4, 0.5) is 5.82 Å². The number of nitrogens with zero attached hydrogens (tertiary/aromatic N) is 3. The van der Waals surface area contributed by atoms with Crippen molar-refractivity contribution in [3.8, 4) is 0 Å². The Balaban J connectivity index is 2.98. The molecule has 17 heavy (non-hydrogen) atoms. The van der Waals surface area contributed by atoms with Crippen LogP contribution in [-0.4, -0.2) is 36.3 Å². The highest BCUT2D eigenvalue weighted by Crippen LogP contribution is 2.21. The second kappa shape index (κ2) is 6.77. The van der Waals surface area contributed by atoms with Crippen LogP contribution in [0.15, 0.2) is 6.20 Å². The summed E-state index contributed by atoms with van der Waals surface area (Å²) >= 11 is 5.86. The van der Waals surface area contributed by atoms with Gasteiger partial charge in [0.25, 0.3) is 0 Å². The molecule has 0 saturated heterocycles. The van der Waals surface area contributed by atoms with Crippen molar-refractivity contribution in [2.75, 3.05) is 25.2 Å². The minimum atomic E-state index is 0.288. The van der Waals surface area contributed by atoms with Crippen LogP contribution in [0.5, 0.6) is 0 Å². The number of hydrogen-bond donors (Lipinski definition) is 0. The molecule has 5 heteroatoms. The fourth-order valence-corrected chi connectivity index (χ4v) is 1.78. The zero-order valence-corrected chi connectivity index (χ0v) is 11.7. The lowest BCUT2D eigenvalue weighted by atomic mass is 10.2. The summed E-state index contributed by atoms with van der Waals surface area (Å²) < 4.78 is 5.14. The van der Waals surface area contributed by atoms with Crippen LogP contribution in [0.3, 0.4) is 0 Å². The summed E-state index contributed by atoms with van der Waals surface area (Å²) in [5.74, 6) is 0.899. The van der Waals surface area contributed by atoms with E-state index in [1.54, 1.807) is 13.3 Å². The third-order valence-electron chi connectivity index (χ3n) is 2.85. The fraction of sp³-hybridized carbons (Fsp3) is 0.667. The Hall–Kier alpha value is -0.870. The van der Waals surface area contributed by atoms with E-state index < -0.39 is 0 Å². The van der Waals surface area contributed by atoms with Gasteiger partial charge in [0.2, 0.25) is 5.28 Å². The van der Waals surface area contributed by atoms with E-state index in [4.69, 9.17) is 16.3 Å². The average Bonchev–Trinajstić information content (AvgIpc) is 2.33. The van der Waals surface area contributed by atoms with Crippen molar-refractivity contribution in [2.24, 2.45) is 0 Å². The zero-order chi connectivity index (χ0) is 12.8. The van der Waals surface area contributed by atoms with Crippen molar-refractivity contribution in [1.29, 1.82) is 0 Å². The highest BCUT2D eigenvalue weighted by molar-refractivity contribution is 6.28. The topological polar surface area (TPSA) is 38.2 Å². The second-order valence-electron chi connectivity index (χ2n) is 4.09. The summed E-state index contributed by atoms with van der Waals surface area (Å²) in [6.07, 6.45) is 2.80. The van der Waals surface area contributed by atoms with Gasteiger partial charge in [0.15, 0.2) is 0 Å². The molecule has 4 nitrogen and oxygen atoms in total. The average molecular weight is 258 g/mol. The van der Waals surface area contributed by atoms with Crippen LogP contribution in [-0.2, 0) is 4.74 Å². The molecule has 1 unspecified atom stereocenters. The van der Waals surface area contributed by atoms with Crippen LogP contribution in [0.25, 0.3) is 0 Å². The van der Waals surface area contributed by atoms with E-state index in [9.17, 15) is 0 Å². The van der Waals surface area contributed by atoms with Gasteiger partial charge in [-0.3, -0.25) is 0 Å². The first-order valence-corrected chi connectivity index (χ1v) is 6.22. The van der Waals surface area contributed by atoms with Crippen LogP contribution in [0, 0.1) is 6.92 Å². The summed E-state index contributed by atoms with van der Waals surface area (Å²) in [5.41, 5.74) is 1.03. The summed E-state index contributed by atoms with van der Waals surface area (Å²) in [6.45, 7) is 7.80. The molecule has 1 rings (SSSR count). The predicted molar refractivity (Wildman–Crippen MR) is 70.8 cm³/mol. The molecule has 0 aromatic carbocycles. The van der Waals surface area contributed by atoms with Crippen molar-refractivity contribution in [2.45, 2.75) is 33.2 Å². The normalized spacial score (nSPS) is 12.5. The van der Waals surface area contributed by atoms with Gasteiger partial charge in [-0.2, -0.15) is 0 Å². The molecular formula is C12H20ClN3O. The van der Waals surface area contributed by atoms with Crippen molar-refractivity contribution in [1.82, 2.24) is 9.97 Å². The van der Waals surface area contributed by atoms with E-state index in [0.717, 1.165) is 24.3 Å². The van der Waals surface area contributed by atoms with Crippen LogP contribution < -0.4 is 4.90 Å². The van der Waals surface area contributed by atoms with Gasteiger partial charge in [0, 0.05) is 31.5 Å². The van der Waals surface area contributed by atoms with Gasteiger partial charge in [-0.05, 0) is 31.9 Å². The van der Waals surface area contributed by atoms with Crippen molar-refractivity contribution in [3.05, 3.63) is 17.0 Å². The molecule has 0 amide bonds. The van der Waals surface area contributed by atoms with E-state index in [1.807, 2.05) is 6.92 Å². The predicted octanol–water partition coefficient (Wildman–Crippen LogP) is 2.69. The molecule has 0 fully saturated rings. The van der Waals surface area contributed by atoms with Gasteiger partial charge in [-0.15, -0.1) is 0 Å². The van der Waals surface area contributed by atoms with E-state index in [1.165, 1.54) is 0 Å². The van der Waals surface area contributed by atoms with Crippen molar-refractivity contribution in [3.63, 3.8) is 0 Å². The molecule has 0 radical (unpaired) electrons. The number of aryl methyl sites for hydroxylation is 1. The number of halogens is 1. The zero-order valence-electron chi connectivity index (χ0n) is 10.9. The summed E-state index contributed by atoms with van der Waals surface area (Å²) in [4.78, 5) is 10.5. The third kappa shape index (κ3) is 3.82. The standard InChI is InChI=1S/C12H20ClN3O/c1-5-10(3)16(6-7-17-4)11-9(2)8-14-12(13)15-11/h8,10H,5-7H2,1-4H3. The summed E-state index contributed by atoms with van der Waals surface area (Å²) in [6, 6.07) is 0.398. The molecule has 96 valence electrons. The Labute approximate surface area is 108 Å². The first-order valence-electron chi connectivity index (χ1n) is 5.84. The highest BCUT2D eigenvalue weighted by atomic mass is 35.5. The molecule has 0 N–H and O–H groups in total. The Bertz CT molecular complexity index is 360. The maximum Gasteiger partial charge on any atom is 0.224 e. The monoisotopic (exact) mass is 257 g/mol. The molecule has 1 atom stereocenters. The number of ether oxygens (including phenoxy) is 1. The van der Waals surface area contributed by atoms with Gasteiger partial charge in [0.1, 0.15) is 5.82 Å². The van der Waals surface area contributed by atoms with Crippen LogP contribution in [0.1, 0.15) is 25.8 Å². The molecule has 1 aromatic rings. The van der Waals surface area contributed by atoms with Crippen LogP contribution >= 0.6 is 11.6 Å². The maximum absolute atomic E-state index is 5.86. The van der Waals surface area contributed by atoms with Crippen molar-refractivity contribution >= 4 is 17.4 Å². The Morgan fingerprint density at radius 2 is 2.24 bits per heavy atom. The fourth-order valence-electron chi connectivity index (χ4n) is 1.65. The minimum Gasteiger partial charge on any atom is -0.383 e. The van der Waals surface area contributed by atoms with Gasteiger partial charge < -0.3 is 9.64 Å². The number of methoxy groups -OCH3 is 1. The molecular weight excluding hydrogens is 238 g/mol. The lowest BCUT2D eigenvalue weighted by Gasteiger charge is -2.30.